The zero-order valence-electron chi connectivity index (χ0n) is 9.78. The highest BCUT2D eigenvalue weighted by atomic mass is 14.6. The molecule has 0 spiro atoms. The molecule has 0 fully saturated rings. The monoisotopic (exact) mass is 205 g/mol. The molecule has 0 aliphatic rings. The van der Waals surface area contributed by atoms with Crippen LogP contribution in [0.4, 0.5) is 0 Å². The smallest absolute Gasteiger partial charge is 0.00419 e. The number of hydrogen-bond donors (Lipinski definition) is 1. The summed E-state index contributed by atoms with van der Waals surface area (Å²) in [5.41, 5.74) is 7.47. The van der Waals surface area contributed by atoms with Gasteiger partial charge in [0.25, 0.3) is 0 Å². The summed E-state index contributed by atoms with van der Waals surface area (Å²) in [5, 5.41) is 0. The third kappa shape index (κ3) is 5.58. The van der Waals surface area contributed by atoms with Crippen LogP contribution in [0.15, 0.2) is 30.3 Å². The second-order valence-electron chi connectivity index (χ2n) is 4.28. The minimum atomic E-state index is 0.386. The molecule has 0 aliphatic heterocycles. The van der Waals surface area contributed by atoms with Gasteiger partial charge in [0.05, 0.1) is 0 Å². The van der Waals surface area contributed by atoms with Gasteiger partial charge < -0.3 is 5.73 Å². The van der Waals surface area contributed by atoms with E-state index < -0.39 is 0 Å². The quantitative estimate of drug-likeness (QED) is 0.677. The van der Waals surface area contributed by atoms with Gasteiger partial charge in [-0.2, -0.15) is 0 Å². The summed E-state index contributed by atoms with van der Waals surface area (Å²) >= 11 is 0. The Balaban J connectivity index is 2.14. The van der Waals surface area contributed by atoms with E-state index in [2.05, 4.69) is 37.3 Å². The van der Waals surface area contributed by atoms with Crippen molar-refractivity contribution >= 4 is 0 Å². The van der Waals surface area contributed by atoms with Gasteiger partial charge in [-0.15, -0.1) is 0 Å². The lowest BCUT2D eigenvalue weighted by Crippen LogP contribution is -2.20. The van der Waals surface area contributed by atoms with Gasteiger partial charge in [-0.1, -0.05) is 56.5 Å². The molecule has 0 radical (unpaired) electrons. The predicted octanol–water partition coefficient (Wildman–Crippen LogP) is 3.53. The van der Waals surface area contributed by atoms with Crippen molar-refractivity contribution in [1.82, 2.24) is 0 Å². The van der Waals surface area contributed by atoms with Gasteiger partial charge in [0.2, 0.25) is 0 Å². The fourth-order valence-electron chi connectivity index (χ4n) is 1.80. The van der Waals surface area contributed by atoms with Gasteiger partial charge in [-0.3, -0.25) is 0 Å². The molecular weight excluding hydrogens is 182 g/mol. The number of nitrogens with two attached hydrogens (primary N) is 1. The van der Waals surface area contributed by atoms with Crippen molar-refractivity contribution in [3.8, 4) is 0 Å². The largest absolute Gasteiger partial charge is 0.328 e. The van der Waals surface area contributed by atoms with Gasteiger partial charge in [0.1, 0.15) is 0 Å². The van der Waals surface area contributed by atoms with E-state index in [-0.39, 0.29) is 0 Å². The zero-order valence-corrected chi connectivity index (χ0v) is 9.78. The molecule has 1 unspecified atom stereocenters. The van der Waals surface area contributed by atoms with E-state index >= 15 is 0 Å². The molecule has 0 amide bonds. The molecule has 0 aromatic heterocycles. The van der Waals surface area contributed by atoms with Gasteiger partial charge in [0, 0.05) is 6.04 Å². The predicted molar refractivity (Wildman–Crippen MR) is 66.9 cm³/mol. The van der Waals surface area contributed by atoms with Crippen molar-refractivity contribution in [2.45, 2.75) is 51.5 Å². The highest BCUT2D eigenvalue weighted by molar-refractivity contribution is 5.14. The Morgan fingerprint density at radius 1 is 1.07 bits per heavy atom. The highest BCUT2D eigenvalue weighted by Crippen LogP contribution is 2.08. The van der Waals surface area contributed by atoms with Crippen LogP contribution in [0.25, 0.3) is 0 Å². The van der Waals surface area contributed by atoms with Crippen LogP contribution >= 0.6 is 0 Å². The van der Waals surface area contributed by atoms with Crippen LogP contribution in [0.5, 0.6) is 0 Å². The minimum absolute atomic E-state index is 0.386. The maximum absolute atomic E-state index is 6.06. The summed E-state index contributed by atoms with van der Waals surface area (Å²) in [7, 11) is 0. The van der Waals surface area contributed by atoms with E-state index in [0.717, 1.165) is 12.8 Å². The number of aryl methyl sites for hydroxylation is 1. The fraction of sp³-hybridized carbons (Fsp3) is 0.571. The number of unbranched alkanes of at least 4 members (excludes halogenated alkanes) is 2. The van der Waals surface area contributed by atoms with Crippen LogP contribution in [0, 0.1) is 0 Å². The summed E-state index contributed by atoms with van der Waals surface area (Å²) in [6.45, 7) is 2.23. The summed E-state index contributed by atoms with van der Waals surface area (Å²) < 4.78 is 0. The molecule has 1 rings (SSSR count). The molecule has 2 N–H and O–H groups in total. The van der Waals surface area contributed by atoms with Crippen LogP contribution in [0.1, 0.15) is 44.6 Å². The van der Waals surface area contributed by atoms with Crippen molar-refractivity contribution in [3.05, 3.63) is 35.9 Å². The molecule has 1 atom stereocenters. The van der Waals surface area contributed by atoms with Crippen molar-refractivity contribution in [2.24, 2.45) is 5.73 Å². The first-order valence-electron chi connectivity index (χ1n) is 6.12. The van der Waals surface area contributed by atoms with Crippen molar-refractivity contribution in [1.29, 1.82) is 0 Å². The molecule has 0 saturated heterocycles. The normalized spacial score (nSPS) is 12.7. The highest BCUT2D eigenvalue weighted by Gasteiger charge is 2.02. The maximum Gasteiger partial charge on any atom is 0.00419 e. The topological polar surface area (TPSA) is 26.0 Å². The molecule has 0 saturated carbocycles. The van der Waals surface area contributed by atoms with Crippen LogP contribution in [0.2, 0.25) is 0 Å². The zero-order chi connectivity index (χ0) is 10.9. The number of hydrogen-bond acceptors (Lipinski definition) is 1. The average Bonchev–Trinajstić information content (AvgIpc) is 2.28. The molecule has 84 valence electrons. The summed E-state index contributed by atoms with van der Waals surface area (Å²) in [5.74, 6) is 0. The van der Waals surface area contributed by atoms with Gasteiger partial charge in [-0.05, 0) is 24.8 Å². The second-order valence-corrected chi connectivity index (χ2v) is 4.28. The second kappa shape index (κ2) is 7.47. The molecule has 1 heteroatoms. The average molecular weight is 205 g/mol. The molecule has 0 aliphatic carbocycles. The maximum atomic E-state index is 6.06. The van der Waals surface area contributed by atoms with E-state index in [4.69, 9.17) is 5.73 Å². The number of benzene rings is 1. The third-order valence-electron chi connectivity index (χ3n) is 2.83. The van der Waals surface area contributed by atoms with E-state index in [1.165, 1.54) is 31.2 Å². The lowest BCUT2D eigenvalue weighted by atomic mass is 10.0. The Morgan fingerprint density at radius 2 is 1.80 bits per heavy atom. The van der Waals surface area contributed by atoms with Crippen LogP contribution in [0.3, 0.4) is 0 Å². The standard InChI is InChI=1S/C14H23N/c1-2-3-5-10-14(15)12-11-13-8-6-4-7-9-13/h4,6-9,14H,2-3,5,10-12,15H2,1H3. The van der Waals surface area contributed by atoms with Crippen LogP contribution in [-0.2, 0) is 6.42 Å². The van der Waals surface area contributed by atoms with Crippen molar-refractivity contribution in [2.75, 3.05) is 0 Å². The molecule has 0 bridgehead atoms. The Labute approximate surface area is 93.7 Å². The van der Waals surface area contributed by atoms with E-state index in [1.807, 2.05) is 0 Å². The lowest BCUT2D eigenvalue weighted by molar-refractivity contribution is 0.529. The van der Waals surface area contributed by atoms with E-state index in [9.17, 15) is 0 Å². The minimum Gasteiger partial charge on any atom is -0.328 e. The molecule has 1 nitrogen and oxygen atoms in total. The van der Waals surface area contributed by atoms with Crippen molar-refractivity contribution < 1.29 is 0 Å². The molecule has 15 heavy (non-hydrogen) atoms. The molecule has 1 aromatic rings. The third-order valence-corrected chi connectivity index (χ3v) is 2.83. The van der Waals surface area contributed by atoms with Gasteiger partial charge in [-0.25, -0.2) is 0 Å². The van der Waals surface area contributed by atoms with Crippen LogP contribution in [-0.4, -0.2) is 6.04 Å². The van der Waals surface area contributed by atoms with E-state index in [0.29, 0.717) is 6.04 Å². The van der Waals surface area contributed by atoms with Gasteiger partial charge in [0.15, 0.2) is 0 Å². The summed E-state index contributed by atoms with van der Waals surface area (Å²) in [4.78, 5) is 0. The molecule has 0 heterocycles. The van der Waals surface area contributed by atoms with E-state index in [1.54, 1.807) is 0 Å². The Kier molecular flexibility index (Phi) is 6.10. The van der Waals surface area contributed by atoms with Gasteiger partial charge >= 0.3 is 0 Å². The first-order valence-corrected chi connectivity index (χ1v) is 6.12. The van der Waals surface area contributed by atoms with Crippen LogP contribution < -0.4 is 5.73 Å². The summed E-state index contributed by atoms with van der Waals surface area (Å²) in [6.07, 6.45) is 7.30. The SMILES string of the molecule is CCCCCC(N)CCc1ccccc1. The lowest BCUT2D eigenvalue weighted by Gasteiger charge is -2.10. The number of rotatable bonds is 7. The van der Waals surface area contributed by atoms with Crippen molar-refractivity contribution in [3.63, 3.8) is 0 Å². The Bertz CT molecular complexity index is 243. The first-order chi connectivity index (χ1) is 7.33. The Morgan fingerprint density at radius 3 is 2.47 bits per heavy atom. The first kappa shape index (κ1) is 12.3. The summed E-state index contributed by atoms with van der Waals surface area (Å²) in [6, 6.07) is 11.0. The fourth-order valence-corrected chi connectivity index (χ4v) is 1.80. The molecular formula is C14H23N. The molecule has 1 aromatic carbocycles. The Hall–Kier alpha value is -0.820.